The van der Waals surface area contributed by atoms with Gasteiger partial charge in [-0.15, -0.1) is 5.10 Å². The van der Waals surface area contributed by atoms with Crippen LogP contribution in [-0.2, 0) is 6.42 Å². The number of carbonyl (C=O) groups is 1. The minimum absolute atomic E-state index is 0.0336. The molecule has 0 aliphatic carbocycles. The molecule has 112 valence electrons. The molecule has 20 heavy (non-hydrogen) atoms. The molecule has 1 aliphatic heterocycles. The van der Waals surface area contributed by atoms with Gasteiger partial charge in [0, 0.05) is 19.1 Å². The summed E-state index contributed by atoms with van der Waals surface area (Å²) in [6.45, 7) is 9.44. The number of piperidine rings is 1. The van der Waals surface area contributed by atoms with Gasteiger partial charge in [-0.25, -0.2) is 0 Å². The summed E-state index contributed by atoms with van der Waals surface area (Å²) in [7, 11) is 0. The maximum absolute atomic E-state index is 12.1. The minimum atomic E-state index is -0.0336. The average Bonchev–Trinajstić information content (AvgIpc) is 2.92. The first-order valence-electron chi connectivity index (χ1n) is 7.45. The average molecular weight is 296 g/mol. The topological polar surface area (TPSA) is 58.1 Å². The predicted octanol–water partition coefficient (Wildman–Crippen LogP) is 1.95. The van der Waals surface area contributed by atoms with Crippen molar-refractivity contribution in [2.45, 2.75) is 46.1 Å². The largest absolute Gasteiger partial charge is 0.350 e. The van der Waals surface area contributed by atoms with Gasteiger partial charge in [0.15, 0.2) is 0 Å². The molecule has 1 aromatic rings. The van der Waals surface area contributed by atoms with Crippen LogP contribution in [0.4, 0.5) is 0 Å². The third-order valence-corrected chi connectivity index (χ3v) is 4.73. The molecule has 6 heteroatoms. The Balaban J connectivity index is 1.83. The molecule has 0 aromatic carbocycles. The zero-order valence-electron chi connectivity index (χ0n) is 12.6. The highest BCUT2D eigenvalue weighted by Crippen LogP contribution is 2.17. The number of aryl methyl sites for hydroxylation is 1. The van der Waals surface area contributed by atoms with Crippen molar-refractivity contribution in [2.24, 2.45) is 5.92 Å². The van der Waals surface area contributed by atoms with E-state index in [1.54, 1.807) is 0 Å². The van der Waals surface area contributed by atoms with Crippen LogP contribution >= 0.6 is 11.5 Å². The Bertz CT molecular complexity index is 448. The SMILES string of the molecule is CCc1nnsc1C(=O)NC[C@@H](C)N1CCC[C@@H](C)C1. The fourth-order valence-corrected chi connectivity index (χ4v) is 3.35. The van der Waals surface area contributed by atoms with Crippen LogP contribution in [-0.4, -0.2) is 46.1 Å². The van der Waals surface area contributed by atoms with E-state index in [9.17, 15) is 4.79 Å². The molecule has 2 rings (SSSR count). The van der Waals surface area contributed by atoms with Gasteiger partial charge in [0.25, 0.3) is 5.91 Å². The van der Waals surface area contributed by atoms with E-state index in [1.807, 2.05) is 6.92 Å². The number of amides is 1. The molecule has 2 atom stereocenters. The Hall–Kier alpha value is -1.01. The van der Waals surface area contributed by atoms with Crippen molar-refractivity contribution in [1.82, 2.24) is 19.8 Å². The third-order valence-electron chi connectivity index (χ3n) is 3.97. The summed E-state index contributed by atoms with van der Waals surface area (Å²) in [5.41, 5.74) is 0.798. The number of nitrogens with one attached hydrogen (secondary N) is 1. The number of carbonyl (C=O) groups excluding carboxylic acids is 1. The molecule has 0 bridgehead atoms. The molecule has 1 aliphatic rings. The predicted molar refractivity (Wildman–Crippen MR) is 81.1 cm³/mol. The number of hydrogen-bond acceptors (Lipinski definition) is 5. The van der Waals surface area contributed by atoms with Gasteiger partial charge in [0.2, 0.25) is 0 Å². The van der Waals surface area contributed by atoms with Crippen LogP contribution in [0.2, 0.25) is 0 Å². The fourth-order valence-electron chi connectivity index (χ4n) is 2.69. The molecule has 0 spiro atoms. The highest BCUT2D eigenvalue weighted by molar-refractivity contribution is 7.08. The van der Waals surface area contributed by atoms with Crippen LogP contribution in [0.25, 0.3) is 0 Å². The van der Waals surface area contributed by atoms with Crippen molar-refractivity contribution >= 4 is 17.4 Å². The van der Waals surface area contributed by atoms with Crippen LogP contribution in [0.3, 0.4) is 0 Å². The van der Waals surface area contributed by atoms with Crippen LogP contribution in [0.1, 0.15) is 49.0 Å². The van der Waals surface area contributed by atoms with Crippen LogP contribution in [0, 0.1) is 5.92 Å². The smallest absolute Gasteiger partial charge is 0.265 e. The Labute approximate surface area is 124 Å². The normalized spacial score (nSPS) is 21.6. The lowest BCUT2D eigenvalue weighted by Crippen LogP contribution is -2.46. The van der Waals surface area contributed by atoms with E-state index in [-0.39, 0.29) is 5.91 Å². The fraction of sp³-hybridized carbons (Fsp3) is 0.786. The molecule has 1 fully saturated rings. The van der Waals surface area contributed by atoms with Gasteiger partial charge < -0.3 is 5.32 Å². The lowest BCUT2D eigenvalue weighted by atomic mass is 9.99. The molecule has 2 heterocycles. The molecule has 1 saturated heterocycles. The zero-order valence-corrected chi connectivity index (χ0v) is 13.4. The number of likely N-dealkylation sites (tertiary alicyclic amines) is 1. The molecule has 0 radical (unpaired) electrons. The Kier molecular flexibility index (Phi) is 5.48. The van der Waals surface area contributed by atoms with E-state index < -0.39 is 0 Å². The third kappa shape index (κ3) is 3.76. The van der Waals surface area contributed by atoms with E-state index >= 15 is 0 Å². The molecular weight excluding hydrogens is 272 g/mol. The second-order valence-electron chi connectivity index (χ2n) is 5.70. The van der Waals surface area contributed by atoms with Crippen molar-refractivity contribution < 1.29 is 4.79 Å². The van der Waals surface area contributed by atoms with Gasteiger partial charge in [-0.1, -0.05) is 18.3 Å². The van der Waals surface area contributed by atoms with Crippen LogP contribution in [0.5, 0.6) is 0 Å². The van der Waals surface area contributed by atoms with Crippen molar-refractivity contribution in [3.05, 3.63) is 10.6 Å². The molecule has 5 nitrogen and oxygen atoms in total. The van der Waals surface area contributed by atoms with E-state index in [0.717, 1.165) is 31.1 Å². The molecular formula is C14H24N4OS. The molecule has 0 saturated carbocycles. The first-order chi connectivity index (χ1) is 9.61. The number of nitrogens with zero attached hydrogens (tertiary/aromatic N) is 3. The standard InChI is InChI=1S/C14H24N4OS/c1-4-12-13(20-17-16-12)14(19)15-8-11(3)18-7-5-6-10(2)9-18/h10-11H,4-9H2,1-3H3,(H,15,19)/t10-,11-/m1/s1. The number of rotatable bonds is 5. The second-order valence-corrected chi connectivity index (χ2v) is 6.46. The van der Waals surface area contributed by atoms with Crippen molar-refractivity contribution in [3.63, 3.8) is 0 Å². The highest BCUT2D eigenvalue weighted by atomic mass is 32.1. The zero-order chi connectivity index (χ0) is 14.5. The summed E-state index contributed by atoms with van der Waals surface area (Å²) in [5.74, 6) is 0.730. The minimum Gasteiger partial charge on any atom is -0.350 e. The summed E-state index contributed by atoms with van der Waals surface area (Å²) in [6, 6.07) is 0.382. The number of aromatic nitrogens is 2. The van der Waals surface area contributed by atoms with Gasteiger partial charge in [-0.2, -0.15) is 0 Å². The van der Waals surface area contributed by atoms with Crippen LogP contribution in [0.15, 0.2) is 0 Å². The summed E-state index contributed by atoms with van der Waals surface area (Å²) in [4.78, 5) is 15.3. The Morgan fingerprint density at radius 3 is 3.10 bits per heavy atom. The van der Waals surface area contributed by atoms with E-state index in [1.165, 1.54) is 24.4 Å². The lowest BCUT2D eigenvalue weighted by Gasteiger charge is -2.35. The maximum atomic E-state index is 12.1. The monoisotopic (exact) mass is 296 g/mol. The van der Waals surface area contributed by atoms with E-state index in [4.69, 9.17) is 0 Å². The second kappa shape index (κ2) is 7.13. The number of hydrogen-bond donors (Lipinski definition) is 1. The summed E-state index contributed by atoms with van der Waals surface area (Å²) in [5, 5.41) is 7.00. The van der Waals surface area contributed by atoms with E-state index in [0.29, 0.717) is 17.5 Å². The first kappa shape index (κ1) is 15.4. The molecule has 0 unspecified atom stereocenters. The van der Waals surface area contributed by atoms with E-state index in [2.05, 4.69) is 33.7 Å². The van der Waals surface area contributed by atoms with Crippen molar-refractivity contribution in [1.29, 1.82) is 0 Å². The Morgan fingerprint density at radius 2 is 2.40 bits per heavy atom. The maximum Gasteiger partial charge on any atom is 0.265 e. The van der Waals surface area contributed by atoms with Crippen molar-refractivity contribution in [2.75, 3.05) is 19.6 Å². The quantitative estimate of drug-likeness (QED) is 0.902. The summed E-state index contributed by atoms with van der Waals surface area (Å²) < 4.78 is 3.86. The molecule has 1 amide bonds. The summed E-state index contributed by atoms with van der Waals surface area (Å²) >= 11 is 1.18. The lowest BCUT2D eigenvalue weighted by molar-refractivity contribution is 0.0920. The van der Waals surface area contributed by atoms with Gasteiger partial charge >= 0.3 is 0 Å². The Morgan fingerprint density at radius 1 is 1.60 bits per heavy atom. The van der Waals surface area contributed by atoms with Crippen LogP contribution < -0.4 is 5.32 Å². The molecule has 1 N–H and O–H groups in total. The van der Waals surface area contributed by atoms with Gasteiger partial charge in [-0.3, -0.25) is 9.69 Å². The van der Waals surface area contributed by atoms with Gasteiger partial charge in [0.05, 0.1) is 5.69 Å². The van der Waals surface area contributed by atoms with Gasteiger partial charge in [-0.05, 0) is 50.2 Å². The first-order valence-corrected chi connectivity index (χ1v) is 8.22. The molecule has 1 aromatic heterocycles. The summed E-state index contributed by atoms with van der Waals surface area (Å²) in [6.07, 6.45) is 3.33. The highest BCUT2D eigenvalue weighted by Gasteiger charge is 2.22. The van der Waals surface area contributed by atoms with Gasteiger partial charge in [0.1, 0.15) is 4.88 Å². The van der Waals surface area contributed by atoms with Crippen molar-refractivity contribution in [3.8, 4) is 0 Å².